The molecule has 0 saturated carbocycles. The second-order valence-electron chi connectivity index (χ2n) is 1.02. The molecule has 8 heavy (non-hydrogen) atoms. The average molecular weight is 113 g/mol. The molecule has 0 aliphatic rings. The Morgan fingerprint density at radius 1 is 1.88 bits per heavy atom. The molecule has 0 aromatic heterocycles. The van der Waals surface area contributed by atoms with Gasteiger partial charge in [-0.2, -0.15) is 0 Å². The fourth-order valence-electron chi connectivity index (χ4n) is 0.170. The normalized spacial score (nSPS) is 9.12. The fourth-order valence-corrected chi connectivity index (χ4v) is 0.170. The summed E-state index contributed by atoms with van der Waals surface area (Å²) in [6, 6.07) is 0. The van der Waals surface area contributed by atoms with Crippen LogP contribution in [-0.2, 0) is 4.79 Å². The third kappa shape index (κ3) is 3.02. The molecular formula is C4H7N3O. The van der Waals surface area contributed by atoms with E-state index in [1.165, 1.54) is 7.05 Å². The van der Waals surface area contributed by atoms with E-state index < -0.39 is 0 Å². The SMILES string of the molecule is CNC(=O)/C=N/C=N. The van der Waals surface area contributed by atoms with Crippen LogP contribution in [0.3, 0.4) is 0 Å². The smallest absolute Gasteiger partial charge is 0.262 e. The van der Waals surface area contributed by atoms with Crippen molar-refractivity contribution in [1.82, 2.24) is 5.32 Å². The number of hydrogen-bond acceptors (Lipinski definition) is 2. The third-order valence-electron chi connectivity index (χ3n) is 0.513. The first kappa shape index (κ1) is 6.81. The molecule has 0 spiro atoms. The zero-order chi connectivity index (χ0) is 6.41. The topological polar surface area (TPSA) is 65.3 Å². The summed E-state index contributed by atoms with van der Waals surface area (Å²) in [6.07, 6.45) is 1.84. The lowest BCUT2D eigenvalue weighted by Crippen LogP contribution is -2.18. The van der Waals surface area contributed by atoms with Crippen molar-refractivity contribution in [3.05, 3.63) is 0 Å². The van der Waals surface area contributed by atoms with Crippen molar-refractivity contribution in [3.63, 3.8) is 0 Å². The standard InChI is InChI=1S/C4H7N3O/c1-6-4(8)2-7-3-5/h2-3,5H,1H3,(H,6,8)/b5-3?,7-2+. The van der Waals surface area contributed by atoms with Crippen LogP contribution in [0.15, 0.2) is 4.99 Å². The predicted molar refractivity (Wildman–Crippen MR) is 31.3 cm³/mol. The van der Waals surface area contributed by atoms with Crippen LogP contribution in [0.25, 0.3) is 0 Å². The fraction of sp³-hybridized carbons (Fsp3) is 0.250. The van der Waals surface area contributed by atoms with Gasteiger partial charge in [-0.1, -0.05) is 0 Å². The van der Waals surface area contributed by atoms with Gasteiger partial charge in [0, 0.05) is 7.05 Å². The first-order valence-corrected chi connectivity index (χ1v) is 2.05. The number of nitrogens with one attached hydrogen (secondary N) is 2. The van der Waals surface area contributed by atoms with Gasteiger partial charge in [-0.3, -0.25) is 10.2 Å². The summed E-state index contributed by atoms with van der Waals surface area (Å²) >= 11 is 0. The van der Waals surface area contributed by atoms with Crippen LogP contribution in [0.4, 0.5) is 0 Å². The minimum atomic E-state index is -0.298. The van der Waals surface area contributed by atoms with Gasteiger partial charge >= 0.3 is 0 Å². The lowest BCUT2D eigenvalue weighted by molar-refractivity contribution is -0.113. The molecular weight excluding hydrogens is 106 g/mol. The first-order valence-electron chi connectivity index (χ1n) is 2.05. The van der Waals surface area contributed by atoms with E-state index in [2.05, 4.69) is 10.3 Å². The summed E-state index contributed by atoms with van der Waals surface area (Å²) in [5, 5.41) is 8.68. The summed E-state index contributed by atoms with van der Waals surface area (Å²) in [5.41, 5.74) is 0. The maximum absolute atomic E-state index is 10.2. The van der Waals surface area contributed by atoms with Crippen molar-refractivity contribution in [2.45, 2.75) is 0 Å². The van der Waals surface area contributed by atoms with Gasteiger partial charge in [0.2, 0.25) is 0 Å². The molecule has 4 heteroatoms. The Morgan fingerprint density at radius 2 is 2.50 bits per heavy atom. The van der Waals surface area contributed by atoms with E-state index in [-0.39, 0.29) is 5.91 Å². The Bertz CT molecular complexity index is 118. The second-order valence-corrected chi connectivity index (χ2v) is 1.02. The zero-order valence-corrected chi connectivity index (χ0v) is 4.51. The quantitative estimate of drug-likeness (QED) is 0.365. The van der Waals surface area contributed by atoms with E-state index >= 15 is 0 Å². The highest BCUT2D eigenvalue weighted by Crippen LogP contribution is 1.54. The Balaban J connectivity index is 3.52. The predicted octanol–water partition coefficient (Wildman–Crippen LogP) is -0.590. The van der Waals surface area contributed by atoms with Crippen molar-refractivity contribution in [1.29, 1.82) is 5.41 Å². The molecule has 1 amide bonds. The van der Waals surface area contributed by atoms with Gasteiger partial charge in [-0.25, -0.2) is 4.99 Å². The van der Waals surface area contributed by atoms with Crippen molar-refractivity contribution >= 4 is 18.5 Å². The van der Waals surface area contributed by atoms with Crippen LogP contribution in [0.2, 0.25) is 0 Å². The van der Waals surface area contributed by atoms with E-state index in [1.54, 1.807) is 0 Å². The Kier molecular flexibility index (Phi) is 3.39. The average Bonchev–Trinajstić information content (AvgIpc) is 1.83. The van der Waals surface area contributed by atoms with Gasteiger partial charge < -0.3 is 5.32 Å². The lowest BCUT2D eigenvalue weighted by Gasteiger charge is -1.83. The van der Waals surface area contributed by atoms with Gasteiger partial charge in [0.25, 0.3) is 5.91 Å². The molecule has 0 aliphatic carbocycles. The second kappa shape index (κ2) is 3.98. The van der Waals surface area contributed by atoms with Crippen molar-refractivity contribution in [2.24, 2.45) is 4.99 Å². The minimum Gasteiger partial charge on any atom is -0.354 e. The van der Waals surface area contributed by atoms with E-state index in [0.29, 0.717) is 0 Å². The first-order chi connectivity index (χ1) is 3.81. The molecule has 2 N–H and O–H groups in total. The van der Waals surface area contributed by atoms with Gasteiger partial charge in [0.15, 0.2) is 0 Å². The molecule has 0 rings (SSSR count). The molecule has 0 fully saturated rings. The molecule has 0 unspecified atom stereocenters. The summed E-state index contributed by atoms with van der Waals surface area (Å²) < 4.78 is 0. The molecule has 0 aliphatic heterocycles. The summed E-state index contributed by atoms with van der Waals surface area (Å²) in [6.45, 7) is 0. The molecule has 0 radical (unpaired) electrons. The monoisotopic (exact) mass is 113 g/mol. The van der Waals surface area contributed by atoms with Crippen LogP contribution in [-0.4, -0.2) is 25.5 Å². The van der Waals surface area contributed by atoms with Gasteiger partial charge in [0.1, 0.15) is 6.34 Å². The Hall–Kier alpha value is -1.19. The number of amides is 1. The van der Waals surface area contributed by atoms with Crippen LogP contribution >= 0.6 is 0 Å². The maximum Gasteiger partial charge on any atom is 0.262 e. The van der Waals surface area contributed by atoms with Gasteiger partial charge in [0.05, 0.1) is 6.21 Å². The van der Waals surface area contributed by atoms with Crippen LogP contribution in [0, 0.1) is 5.41 Å². The van der Waals surface area contributed by atoms with E-state index in [9.17, 15) is 4.79 Å². The number of hydrogen-bond donors (Lipinski definition) is 2. The molecule has 4 nitrogen and oxygen atoms in total. The molecule has 0 saturated heterocycles. The molecule has 0 aromatic carbocycles. The highest BCUT2D eigenvalue weighted by atomic mass is 16.1. The largest absolute Gasteiger partial charge is 0.354 e. The van der Waals surface area contributed by atoms with Gasteiger partial charge in [-0.05, 0) is 0 Å². The number of rotatable bonds is 2. The Labute approximate surface area is 47.1 Å². The van der Waals surface area contributed by atoms with Crippen LogP contribution in [0.5, 0.6) is 0 Å². The number of nitrogens with zero attached hydrogens (tertiary/aromatic N) is 1. The lowest BCUT2D eigenvalue weighted by atomic mass is 10.7. The molecule has 44 valence electrons. The van der Waals surface area contributed by atoms with Crippen molar-refractivity contribution < 1.29 is 4.79 Å². The molecule has 0 atom stereocenters. The summed E-state index contributed by atoms with van der Waals surface area (Å²) in [4.78, 5) is 13.5. The van der Waals surface area contributed by atoms with Crippen molar-refractivity contribution in [2.75, 3.05) is 7.05 Å². The Morgan fingerprint density at radius 3 is 2.88 bits per heavy atom. The van der Waals surface area contributed by atoms with Gasteiger partial charge in [-0.15, -0.1) is 0 Å². The minimum absolute atomic E-state index is 0.298. The highest BCUT2D eigenvalue weighted by Gasteiger charge is 1.84. The van der Waals surface area contributed by atoms with E-state index in [0.717, 1.165) is 12.6 Å². The molecule has 0 heterocycles. The number of aliphatic imine (C=N–C) groups is 1. The summed E-state index contributed by atoms with van der Waals surface area (Å²) in [7, 11) is 1.50. The summed E-state index contributed by atoms with van der Waals surface area (Å²) in [5.74, 6) is -0.298. The van der Waals surface area contributed by atoms with Crippen LogP contribution < -0.4 is 5.32 Å². The maximum atomic E-state index is 10.2. The third-order valence-corrected chi connectivity index (χ3v) is 0.513. The molecule has 0 aromatic rings. The number of carbonyl (C=O) groups excluding carboxylic acids is 1. The highest BCUT2D eigenvalue weighted by molar-refractivity contribution is 6.27. The van der Waals surface area contributed by atoms with Crippen molar-refractivity contribution in [3.8, 4) is 0 Å². The zero-order valence-electron chi connectivity index (χ0n) is 4.51. The van der Waals surface area contributed by atoms with Crippen LogP contribution in [0.1, 0.15) is 0 Å². The van der Waals surface area contributed by atoms with E-state index in [1.807, 2.05) is 0 Å². The molecule has 0 bridgehead atoms. The number of carbonyl (C=O) groups is 1. The van der Waals surface area contributed by atoms with E-state index in [4.69, 9.17) is 5.41 Å².